The lowest BCUT2D eigenvalue weighted by atomic mass is 9.52. The van der Waals surface area contributed by atoms with Gasteiger partial charge in [-0.15, -0.1) is 0 Å². The van der Waals surface area contributed by atoms with E-state index in [2.05, 4.69) is 27.7 Å². The van der Waals surface area contributed by atoms with Gasteiger partial charge in [0.05, 0.1) is 12.2 Å². The van der Waals surface area contributed by atoms with E-state index in [1.807, 2.05) is 0 Å². The zero-order valence-electron chi connectivity index (χ0n) is 13.3. The lowest BCUT2D eigenvalue weighted by Gasteiger charge is -2.58. The summed E-state index contributed by atoms with van der Waals surface area (Å²) in [5, 5.41) is 9.94. The van der Waals surface area contributed by atoms with Gasteiger partial charge in [0.2, 0.25) is 0 Å². The minimum atomic E-state index is -0.450. The van der Waals surface area contributed by atoms with Gasteiger partial charge in [0.25, 0.3) is 0 Å². The Morgan fingerprint density at radius 3 is 2.35 bits per heavy atom. The molecular formula is C17H30O3. The van der Waals surface area contributed by atoms with Gasteiger partial charge in [0, 0.05) is 0 Å². The van der Waals surface area contributed by atoms with E-state index in [1.54, 1.807) is 0 Å². The zero-order valence-corrected chi connectivity index (χ0v) is 13.3. The highest BCUT2D eigenvalue weighted by molar-refractivity contribution is 5.10. The van der Waals surface area contributed by atoms with Crippen LogP contribution in [-0.4, -0.2) is 23.1 Å². The molecule has 0 bridgehead atoms. The largest absolute Gasteiger partial charge is 0.372 e. The third-order valence-corrected chi connectivity index (χ3v) is 6.84. The Labute approximate surface area is 123 Å². The number of hydrogen-bond acceptors (Lipinski definition) is 3. The summed E-state index contributed by atoms with van der Waals surface area (Å²) in [5.41, 5.74) is -0.450. The van der Waals surface area contributed by atoms with E-state index < -0.39 is 5.60 Å². The van der Waals surface area contributed by atoms with Crippen molar-refractivity contribution in [2.75, 3.05) is 0 Å². The van der Waals surface area contributed by atoms with Crippen LogP contribution in [0.25, 0.3) is 0 Å². The van der Waals surface area contributed by atoms with Crippen LogP contribution in [0.2, 0.25) is 0 Å². The van der Waals surface area contributed by atoms with Crippen molar-refractivity contribution in [1.29, 1.82) is 0 Å². The van der Waals surface area contributed by atoms with E-state index in [-0.39, 0.29) is 12.2 Å². The van der Waals surface area contributed by atoms with Crippen LogP contribution in [0.5, 0.6) is 0 Å². The first kappa shape index (κ1) is 14.8. The normalized spacial score (nSPS) is 56.0. The second kappa shape index (κ2) is 5.26. The highest BCUT2D eigenvalue weighted by Crippen LogP contribution is 2.58. The molecule has 3 rings (SSSR count). The van der Waals surface area contributed by atoms with Crippen molar-refractivity contribution in [1.82, 2.24) is 0 Å². The molecule has 8 unspecified atom stereocenters. The van der Waals surface area contributed by atoms with Crippen LogP contribution in [0.15, 0.2) is 0 Å². The van der Waals surface area contributed by atoms with Crippen molar-refractivity contribution in [2.24, 2.45) is 29.6 Å². The number of hydrogen-bond donors (Lipinski definition) is 1. The summed E-state index contributed by atoms with van der Waals surface area (Å²) in [6, 6.07) is 0. The van der Waals surface area contributed by atoms with Crippen molar-refractivity contribution in [2.45, 2.75) is 77.6 Å². The van der Waals surface area contributed by atoms with Gasteiger partial charge in [0.15, 0.2) is 0 Å². The first-order valence-corrected chi connectivity index (χ1v) is 8.48. The van der Waals surface area contributed by atoms with E-state index >= 15 is 0 Å². The molecule has 3 fully saturated rings. The predicted octanol–water partition coefficient (Wildman–Crippen LogP) is 4.12. The molecule has 2 saturated carbocycles. The van der Waals surface area contributed by atoms with Gasteiger partial charge in [0.1, 0.15) is 5.60 Å². The summed E-state index contributed by atoms with van der Waals surface area (Å²) >= 11 is 0. The van der Waals surface area contributed by atoms with Gasteiger partial charge in [-0.2, -0.15) is 0 Å². The molecule has 0 aromatic rings. The van der Waals surface area contributed by atoms with E-state index in [4.69, 9.17) is 9.62 Å². The third kappa shape index (κ3) is 1.97. The van der Waals surface area contributed by atoms with Crippen LogP contribution in [0.1, 0.15) is 59.8 Å². The maximum Gasteiger partial charge on any atom is 0.135 e. The summed E-state index contributed by atoms with van der Waals surface area (Å²) in [6.45, 7) is 9.17. The first-order valence-electron chi connectivity index (χ1n) is 8.48. The average molecular weight is 282 g/mol. The second-order valence-electron chi connectivity index (χ2n) is 7.80. The van der Waals surface area contributed by atoms with Crippen molar-refractivity contribution in [3.05, 3.63) is 0 Å². The summed E-state index contributed by atoms with van der Waals surface area (Å²) in [4.78, 5) is 5.34. The molecule has 1 saturated heterocycles. The lowest BCUT2D eigenvalue weighted by Crippen LogP contribution is -2.65. The van der Waals surface area contributed by atoms with Crippen LogP contribution in [-0.2, 0) is 9.62 Å². The monoisotopic (exact) mass is 282 g/mol. The summed E-state index contributed by atoms with van der Waals surface area (Å²) in [6.07, 6.45) is 6.01. The fraction of sp³-hybridized carbons (Fsp3) is 1.00. The van der Waals surface area contributed by atoms with Crippen LogP contribution in [0.4, 0.5) is 0 Å². The molecule has 3 heteroatoms. The molecule has 3 aliphatic rings. The minimum Gasteiger partial charge on any atom is -0.372 e. The van der Waals surface area contributed by atoms with E-state index in [9.17, 15) is 5.26 Å². The third-order valence-electron chi connectivity index (χ3n) is 6.84. The molecule has 0 aromatic heterocycles. The molecular weight excluding hydrogens is 252 g/mol. The Bertz CT molecular complexity index is 354. The second-order valence-corrected chi connectivity index (χ2v) is 7.80. The standard InChI is InChI=1S/C17H30O3/c1-10-5-7-15-13(4)11(2)9-16-17(15,20-18)14(10)8-6-12(3)19-16/h10-16,18H,5-9H2,1-4H3. The van der Waals surface area contributed by atoms with Crippen LogP contribution >= 0.6 is 0 Å². The van der Waals surface area contributed by atoms with Gasteiger partial charge in [-0.25, -0.2) is 4.89 Å². The van der Waals surface area contributed by atoms with Crippen LogP contribution in [0.3, 0.4) is 0 Å². The molecule has 2 aliphatic carbocycles. The summed E-state index contributed by atoms with van der Waals surface area (Å²) < 4.78 is 6.33. The van der Waals surface area contributed by atoms with E-state index in [0.717, 1.165) is 25.7 Å². The van der Waals surface area contributed by atoms with Gasteiger partial charge < -0.3 is 4.74 Å². The maximum atomic E-state index is 9.94. The number of rotatable bonds is 1. The zero-order chi connectivity index (χ0) is 14.5. The quantitative estimate of drug-likeness (QED) is 0.581. The van der Waals surface area contributed by atoms with Gasteiger partial charge in [-0.1, -0.05) is 20.8 Å². The van der Waals surface area contributed by atoms with E-state index in [1.165, 1.54) is 6.42 Å². The molecule has 0 spiro atoms. The number of ether oxygens (including phenoxy) is 1. The molecule has 0 aromatic carbocycles. The average Bonchev–Trinajstić information content (AvgIpc) is 2.56. The molecule has 1 N–H and O–H groups in total. The molecule has 20 heavy (non-hydrogen) atoms. The topological polar surface area (TPSA) is 38.7 Å². The Morgan fingerprint density at radius 2 is 1.65 bits per heavy atom. The van der Waals surface area contributed by atoms with Crippen molar-refractivity contribution in [3.63, 3.8) is 0 Å². The fourth-order valence-corrected chi connectivity index (χ4v) is 5.50. The van der Waals surface area contributed by atoms with Gasteiger partial charge in [-0.05, 0) is 68.6 Å². The molecule has 3 nitrogen and oxygen atoms in total. The van der Waals surface area contributed by atoms with Crippen molar-refractivity contribution < 1.29 is 14.9 Å². The SMILES string of the molecule is CC1CCC2C(C)CCC3C(C)C(C)CC(O1)C23OO. The summed E-state index contributed by atoms with van der Waals surface area (Å²) in [5.74, 6) is 2.75. The smallest absolute Gasteiger partial charge is 0.135 e. The minimum absolute atomic E-state index is 0.0638. The Morgan fingerprint density at radius 1 is 0.950 bits per heavy atom. The van der Waals surface area contributed by atoms with Crippen molar-refractivity contribution in [3.8, 4) is 0 Å². The highest BCUT2D eigenvalue weighted by Gasteiger charge is 2.62. The predicted molar refractivity (Wildman–Crippen MR) is 78.3 cm³/mol. The lowest BCUT2D eigenvalue weighted by molar-refractivity contribution is -0.400. The Hall–Kier alpha value is -0.120. The van der Waals surface area contributed by atoms with E-state index in [0.29, 0.717) is 29.6 Å². The molecule has 0 radical (unpaired) electrons. The molecule has 0 amide bonds. The highest BCUT2D eigenvalue weighted by atomic mass is 17.1. The first-order chi connectivity index (χ1) is 9.50. The van der Waals surface area contributed by atoms with Gasteiger partial charge >= 0.3 is 0 Å². The maximum absolute atomic E-state index is 9.94. The molecule has 1 heterocycles. The fourth-order valence-electron chi connectivity index (χ4n) is 5.50. The van der Waals surface area contributed by atoms with Crippen LogP contribution in [0, 0.1) is 29.6 Å². The van der Waals surface area contributed by atoms with Crippen molar-refractivity contribution >= 4 is 0 Å². The van der Waals surface area contributed by atoms with Gasteiger partial charge in [-0.3, -0.25) is 5.26 Å². The molecule has 8 atom stereocenters. The molecule has 1 aliphatic heterocycles. The molecule has 116 valence electrons. The Balaban J connectivity index is 2.04. The van der Waals surface area contributed by atoms with Crippen LogP contribution < -0.4 is 0 Å². The summed E-state index contributed by atoms with van der Waals surface area (Å²) in [7, 11) is 0. The Kier molecular flexibility index (Phi) is 3.89.